The number of tetrazole rings is 1. The lowest BCUT2D eigenvalue weighted by molar-refractivity contribution is -0.188. The Hall–Kier alpha value is -1.34. The first-order valence-corrected chi connectivity index (χ1v) is 4.69. The zero-order chi connectivity index (χ0) is 11.3. The summed E-state index contributed by atoms with van der Waals surface area (Å²) in [5.41, 5.74) is -0.656. The predicted molar refractivity (Wildman–Crippen MR) is 52.5 cm³/mol. The lowest BCUT2D eigenvalue weighted by Gasteiger charge is -2.33. The van der Waals surface area contributed by atoms with Crippen molar-refractivity contribution in [3.8, 4) is 0 Å². The molecule has 0 unspecified atom stereocenters. The molecule has 0 fully saturated rings. The SMILES string of the molecule is CC1(C)N=C(c2nn[nH]n2)C(C)(C)N1O. The summed E-state index contributed by atoms with van der Waals surface area (Å²) < 4.78 is 0. The summed E-state index contributed by atoms with van der Waals surface area (Å²) in [5.74, 6) is 0.421. The monoisotopic (exact) mass is 210 g/mol. The van der Waals surface area contributed by atoms with Gasteiger partial charge in [-0.05, 0) is 32.9 Å². The summed E-state index contributed by atoms with van der Waals surface area (Å²) in [4.78, 5) is 4.40. The molecule has 7 nitrogen and oxygen atoms in total. The van der Waals surface area contributed by atoms with Gasteiger partial charge in [0.05, 0.1) is 5.54 Å². The van der Waals surface area contributed by atoms with Crippen molar-refractivity contribution in [2.45, 2.75) is 38.9 Å². The first-order chi connectivity index (χ1) is 6.86. The van der Waals surface area contributed by atoms with Crippen LogP contribution in [0.4, 0.5) is 0 Å². The van der Waals surface area contributed by atoms with Crippen LogP contribution in [0.2, 0.25) is 0 Å². The molecule has 0 aromatic carbocycles. The molecule has 0 saturated heterocycles. The minimum absolute atomic E-state index is 0.421. The van der Waals surface area contributed by atoms with Gasteiger partial charge in [-0.15, -0.1) is 10.2 Å². The molecule has 1 aromatic rings. The number of hydroxylamine groups is 2. The fourth-order valence-electron chi connectivity index (χ4n) is 1.83. The van der Waals surface area contributed by atoms with Gasteiger partial charge in [-0.2, -0.15) is 10.3 Å². The predicted octanol–water partition coefficient (Wildman–Crippen LogP) is 0.208. The molecule has 0 atom stereocenters. The Bertz CT molecular complexity index is 393. The van der Waals surface area contributed by atoms with E-state index in [2.05, 4.69) is 25.6 Å². The van der Waals surface area contributed by atoms with Gasteiger partial charge in [0.2, 0.25) is 5.82 Å². The highest BCUT2D eigenvalue weighted by molar-refractivity contribution is 6.05. The van der Waals surface area contributed by atoms with Gasteiger partial charge in [0.15, 0.2) is 0 Å². The van der Waals surface area contributed by atoms with E-state index in [-0.39, 0.29) is 0 Å². The Morgan fingerprint density at radius 1 is 1.27 bits per heavy atom. The molecule has 0 amide bonds. The summed E-state index contributed by atoms with van der Waals surface area (Å²) in [5, 5.41) is 24.8. The van der Waals surface area contributed by atoms with Gasteiger partial charge in [0.25, 0.3) is 0 Å². The molecule has 0 saturated carbocycles. The molecule has 0 radical (unpaired) electrons. The van der Waals surface area contributed by atoms with Crippen LogP contribution >= 0.6 is 0 Å². The summed E-state index contributed by atoms with van der Waals surface area (Å²) >= 11 is 0. The van der Waals surface area contributed by atoms with Gasteiger partial charge in [-0.3, -0.25) is 4.99 Å². The van der Waals surface area contributed by atoms with E-state index in [0.29, 0.717) is 11.5 Å². The maximum absolute atomic E-state index is 9.99. The molecule has 2 heterocycles. The van der Waals surface area contributed by atoms with Crippen molar-refractivity contribution in [2.24, 2.45) is 4.99 Å². The molecule has 2 N–H and O–H groups in total. The smallest absolute Gasteiger partial charge is 0.220 e. The minimum Gasteiger partial charge on any atom is -0.311 e. The van der Waals surface area contributed by atoms with E-state index in [1.807, 2.05) is 27.7 Å². The Morgan fingerprint density at radius 3 is 2.33 bits per heavy atom. The molecular formula is C8H14N6O. The van der Waals surface area contributed by atoms with Gasteiger partial charge in [0, 0.05) is 0 Å². The minimum atomic E-state index is -0.667. The van der Waals surface area contributed by atoms with Gasteiger partial charge in [0.1, 0.15) is 11.4 Å². The van der Waals surface area contributed by atoms with Crippen LogP contribution in [0.25, 0.3) is 0 Å². The van der Waals surface area contributed by atoms with Crippen molar-refractivity contribution < 1.29 is 5.21 Å². The van der Waals surface area contributed by atoms with Crippen LogP contribution in [0, 0.1) is 0 Å². The molecule has 1 aromatic heterocycles. The summed E-state index contributed by atoms with van der Waals surface area (Å²) in [6, 6.07) is 0. The maximum atomic E-state index is 9.99. The number of aliphatic imine (C=N–C) groups is 1. The number of H-pyrrole nitrogens is 1. The molecule has 0 bridgehead atoms. The molecule has 0 aliphatic carbocycles. The third kappa shape index (κ3) is 1.35. The van der Waals surface area contributed by atoms with E-state index in [9.17, 15) is 5.21 Å². The van der Waals surface area contributed by atoms with E-state index < -0.39 is 11.2 Å². The Labute approximate surface area is 87.2 Å². The molecule has 2 rings (SSSR count). The number of nitrogens with zero attached hydrogens (tertiary/aromatic N) is 5. The lowest BCUT2D eigenvalue weighted by atomic mass is 9.98. The average molecular weight is 210 g/mol. The number of aromatic amines is 1. The third-order valence-electron chi connectivity index (χ3n) is 2.57. The van der Waals surface area contributed by atoms with Gasteiger partial charge in [-0.1, -0.05) is 0 Å². The number of hydrogen-bond donors (Lipinski definition) is 2. The molecule has 82 valence electrons. The van der Waals surface area contributed by atoms with Crippen molar-refractivity contribution in [3.63, 3.8) is 0 Å². The van der Waals surface area contributed by atoms with Crippen molar-refractivity contribution in [1.29, 1.82) is 0 Å². The van der Waals surface area contributed by atoms with Gasteiger partial charge in [-0.25, -0.2) is 0 Å². The first-order valence-electron chi connectivity index (χ1n) is 4.69. The second kappa shape index (κ2) is 2.83. The zero-order valence-corrected chi connectivity index (χ0v) is 9.18. The number of rotatable bonds is 1. The second-order valence-corrected chi connectivity index (χ2v) is 4.56. The van der Waals surface area contributed by atoms with E-state index in [4.69, 9.17) is 0 Å². The quantitative estimate of drug-likeness (QED) is 0.691. The lowest BCUT2D eigenvalue weighted by Crippen LogP contribution is -2.50. The molecule has 1 aliphatic rings. The Morgan fingerprint density at radius 2 is 1.93 bits per heavy atom. The van der Waals surface area contributed by atoms with E-state index >= 15 is 0 Å². The van der Waals surface area contributed by atoms with Crippen LogP contribution in [-0.4, -0.2) is 47.8 Å². The van der Waals surface area contributed by atoms with Crippen LogP contribution in [0.15, 0.2) is 4.99 Å². The van der Waals surface area contributed by atoms with Crippen LogP contribution in [0.1, 0.15) is 33.5 Å². The third-order valence-corrected chi connectivity index (χ3v) is 2.57. The summed E-state index contributed by atoms with van der Waals surface area (Å²) in [6.07, 6.45) is 0. The van der Waals surface area contributed by atoms with E-state index in [1.54, 1.807) is 0 Å². The Balaban J connectivity index is 2.49. The molecule has 0 spiro atoms. The van der Waals surface area contributed by atoms with Gasteiger partial charge >= 0.3 is 0 Å². The number of aromatic nitrogens is 4. The zero-order valence-electron chi connectivity index (χ0n) is 9.18. The highest BCUT2D eigenvalue weighted by Crippen LogP contribution is 2.34. The average Bonchev–Trinajstić information content (AvgIpc) is 2.69. The number of hydrogen-bond acceptors (Lipinski definition) is 6. The largest absolute Gasteiger partial charge is 0.311 e. The van der Waals surface area contributed by atoms with Crippen molar-refractivity contribution in [2.75, 3.05) is 0 Å². The highest BCUT2D eigenvalue weighted by Gasteiger charge is 2.48. The second-order valence-electron chi connectivity index (χ2n) is 4.56. The summed E-state index contributed by atoms with van der Waals surface area (Å²) in [6.45, 7) is 7.36. The summed E-state index contributed by atoms with van der Waals surface area (Å²) in [7, 11) is 0. The molecule has 1 aliphatic heterocycles. The van der Waals surface area contributed by atoms with Crippen LogP contribution in [0.5, 0.6) is 0 Å². The van der Waals surface area contributed by atoms with Crippen molar-refractivity contribution in [3.05, 3.63) is 5.82 Å². The normalized spacial score (nSPS) is 24.2. The Kier molecular flexibility index (Phi) is 1.92. The fraction of sp³-hybridized carbons (Fsp3) is 0.750. The maximum Gasteiger partial charge on any atom is 0.220 e. The highest BCUT2D eigenvalue weighted by atomic mass is 16.5. The van der Waals surface area contributed by atoms with E-state index in [1.165, 1.54) is 5.06 Å². The fourth-order valence-corrected chi connectivity index (χ4v) is 1.83. The standard InChI is InChI=1S/C8H14N6O/c1-7(2)5(6-10-12-13-11-6)9-8(3,4)14(7)15/h15H,1-4H3,(H,10,11,12,13). The van der Waals surface area contributed by atoms with Crippen molar-refractivity contribution in [1.82, 2.24) is 25.7 Å². The van der Waals surface area contributed by atoms with Gasteiger partial charge < -0.3 is 5.21 Å². The first kappa shape index (κ1) is 10.2. The van der Waals surface area contributed by atoms with E-state index in [0.717, 1.165) is 0 Å². The number of nitrogens with one attached hydrogen (secondary N) is 1. The van der Waals surface area contributed by atoms with Crippen LogP contribution in [0.3, 0.4) is 0 Å². The van der Waals surface area contributed by atoms with Crippen LogP contribution < -0.4 is 0 Å². The molecular weight excluding hydrogens is 196 g/mol. The molecule has 15 heavy (non-hydrogen) atoms. The van der Waals surface area contributed by atoms with Crippen LogP contribution in [-0.2, 0) is 0 Å². The molecule has 7 heteroatoms. The topological polar surface area (TPSA) is 90.3 Å². The van der Waals surface area contributed by atoms with Crippen molar-refractivity contribution >= 4 is 5.71 Å².